The van der Waals surface area contributed by atoms with Crippen LogP contribution >= 0.6 is 0 Å². The fraction of sp³-hybridized carbons (Fsp3) is 0.375. The Morgan fingerprint density at radius 1 is 1.06 bits per heavy atom. The van der Waals surface area contributed by atoms with Gasteiger partial charge in [0, 0.05) is 17.3 Å². The molecule has 0 saturated heterocycles. The first-order chi connectivity index (χ1) is 8.41. The van der Waals surface area contributed by atoms with Gasteiger partial charge in [0.15, 0.2) is 0 Å². The number of hydrogen-bond acceptors (Lipinski definition) is 0. The third-order valence-corrected chi connectivity index (χ3v) is 4.63. The van der Waals surface area contributed by atoms with Crippen LogP contribution < -0.4 is 0 Å². The maximum Gasteiger partial charge on any atom is 0.0387 e. The number of H-pyrrole nitrogens is 1. The highest BCUT2D eigenvalue weighted by molar-refractivity contribution is 5.46. The molecule has 1 fully saturated rings. The number of benzene rings is 1. The minimum absolute atomic E-state index is 0.306. The van der Waals surface area contributed by atoms with Gasteiger partial charge in [-0.15, -0.1) is 0 Å². The van der Waals surface area contributed by atoms with E-state index in [1.807, 2.05) is 0 Å². The number of aryl methyl sites for hydroxylation is 1. The fourth-order valence-corrected chi connectivity index (χ4v) is 3.73. The van der Waals surface area contributed by atoms with Crippen molar-refractivity contribution < 1.29 is 0 Å². The van der Waals surface area contributed by atoms with E-state index in [-0.39, 0.29) is 0 Å². The normalized spacial score (nSPS) is 27.1. The van der Waals surface area contributed by atoms with Gasteiger partial charge in [-0.25, -0.2) is 0 Å². The van der Waals surface area contributed by atoms with Crippen molar-refractivity contribution in [3.05, 3.63) is 59.4 Å². The molecule has 1 atom stereocenters. The van der Waals surface area contributed by atoms with Crippen LogP contribution in [0.15, 0.2) is 42.6 Å². The van der Waals surface area contributed by atoms with Crippen LogP contribution in [-0.4, -0.2) is 4.98 Å². The average molecular weight is 223 g/mol. The molecule has 1 heterocycles. The summed E-state index contributed by atoms with van der Waals surface area (Å²) in [5.41, 5.74) is 4.87. The van der Waals surface area contributed by atoms with Crippen molar-refractivity contribution >= 4 is 0 Å². The van der Waals surface area contributed by atoms with Gasteiger partial charge in [-0.3, -0.25) is 0 Å². The van der Waals surface area contributed by atoms with Crippen molar-refractivity contribution in [1.82, 2.24) is 4.98 Å². The van der Waals surface area contributed by atoms with Gasteiger partial charge in [0.1, 0.15) is 0 Å². The maximum absolute atomic E-state index is 3.53. The monoisotopic (exact) mass is 223 g/mol. The lowest BCUT2D eigenvalue weighted by Crippen LogP contribution is -2.28. The molecule has 4 rings (SSSR count). The molecule has 1 aromatic heterocycles. The number of aromatic nitrogens is 1. The van der Waals surface area contributed by atoms with E-state index in [0.29, 0.717) is 5.41 Å². The topological polar surface area (TPSA) is 15.8 Å². The van der Waals surface area contributed by atoms with Gasteiger partial charge >= 0.3 is 0 Å². The average Bonchev–Trinajstić information content (AvgIpc) is 3.01. The van der Waals surface area contributed by atoms with Crippen LogP contribution in [0.5, 0.6) is 0 Å². The molecule has 2 aliphatic rings. The zero-order valence-electron chi connectivity index (χ0n) is 9.95. The summed E-state index contributed by atoms with van der Waals surface area (Å²) in [6, 6.07) is 13.4. The summed E-state index contributed by atoms with van der Waals surface area (Å²) >= 11 is 0. The first kappa shape index (κ1) is 9.52. The second-order valence-electron chi connectivity index (χ2n) is 5.49. The molecule has 0 bridgehead atoms. The van der Waals surface area contributed by atoms with E-state index in [0.717, 1.165) is 5.92 Å². The van der Waals surface area contributed by atoms with Crippen LogP contribution in [0, 0.1) is 5.92 Å². The van der Waals surface area contributed by atoms with E-state index < -0.39 is 0 Å². The van der Waals surface area contributed by atoms with Crippen LogP contribution in [0.4, 0.5) is 0 Å². The van der Waals surface area contributed by atoms with Gasteiger partial charge in [-0.1, -0.05) is 30.3 Å². The number of aromatic amines is 1. The number of fused-ring (bicyclic) bond motifs is 1. The molecule has 86 valence electrons. The lowest BCUT2D eigenvalue weighted by atomic mass is 9.74. The molecule has 1 saturated carbocycles. The van der Waals surface area contributed by atoms with Gasteiger partial charge < -0.3 is 4.98 Å². The molecule has 1 aromatic carbocycles. The van der Waals surface area contributed by atoms with Crippen molar-refractivity contribution in [2.75, 3.05) is 0 Å². The SMILES string of the molecule is c1ccc(C2(C3CC3)CCc3cc[nH]c32)cc1. The summed E-state index contributed by atoms with van der Waals surface area (Å²) in [5, 5.41) is 0. The van der Waals surface area contributed by atoms with Crippen LogP contribution in [0.3, 0.4) is 0 Å². The summed E-state index contributed by atoms with van der Waals surface area (Å²) < 4.78 is 0. The minimum atomic E-state index is 0.306. The zero-order valence-corrected chi connectivity index (χ0v) is 9.95. The Labute approximate surface area is 102 Å². The Hall–Kier alpha value is -1.50. The molecular formula is C16H17N. The zero-order chi connectivity index (χ0) is 11.3. The molecule has 0 amide bonds. The van der Waals surface area contributed by atoms with E-state index in [1.54, 1.807) is 5.56 Å². The Balaban J connectivity index is 1.93. The van der Waals surface area contributed by atoms with Crippen LogP contribution in [0.2, 0.25) is 0 Å². The Morgan fingerprint density at radius 2 is 1.88 bits per heavy atom. The molecule has 17 heavy (non-hydrogen) atoms. The van der Waals surface area contributed by atoms with Gasteiger partial charge in [0.2, 0.25) is 0 Å². The van der Waals surface area contributed by atoms with Crippen molar-refractivity contribution in [1.29, 1.82) is 0 Å². The van der Waals surface area contributed by atoms with Crippen LogP contribution in [0.1, 0.15) is 36.1 Å². The molecular weight excluding hydrogens is 206 g/mol. The van der Waals surface area contributed by atoms with Crippen molar-refractivity contribution in [3.8, 4) is 0 Å². The third kappa shape index (κ3) is 1.20. The highest BCUT2D eigenvalue weighted by Crippen LogP contribution is 2.57. The van der Waals surface area contributed by atoms with Gasteiger partial charge in [0.05, 0.1) is 0 Å². The lowest BCUT2D eigenvalue weighted by molar-refractivity contribution is 0.435. The van der Waals surface area contributed by atoms with Crippen molar-refractivity contribution in [3.63, 3.8) is 0 Å². The van der Waals surface area contributed by atoms with Gasteiger partial charge in [-0.05, 0) is 48.8 Å². The molecule has 0 radical (unpaired) electrons. The quantitative estimate of drug-likeness (QED) is 0.799. The summed E-state index contributed by atoms with van der Waals surface area (Å²) in [6.45, 7) is 0. The predicted octanol–water partition coefficient (Wildman–Crippen LogP) is 3.66. The fourth-order valence-electron chi connectivity index (χ4n) is 3.73. The van der Waals surface area contributed by atoms with Gasteiger partial charge in [0.25, 0.3) is 0 Å². The summed E-state index contributed by atoms with van der Waals surface area (Å²) in [7, 11) is 0. The summed E-state index contributed by atoms with van der Waals surface area (Å²) in [5.74, 6) is 0.866. The number of rotatable bonds is 2. The van der Waals surface area contributed by atoms with Crippen LogP contribution in [-0.2, 0) is 11.8 Å². The van der Waals surface area contributed by atoms with E-state index in [2.05, 4.69) is 47.6 Å². The second kappa shape index (κ2) is 3.25. The Morgan fingerprint density at radius 3 is 2.65 bits per heavy atom. The van der Waals surface area contributed by atoms with Gasteiger partial charge in [-0.2, -0.15) is 0 Å². The molecule has 0 spiro atoms. The largest absolute Gasteiger partial charge is 0.364 e. The van der Waals surface area contributed by atoms with Crippen molar-refractivity contribution in [2.24, 2.45) is 5.92 Å². The first-order valence-corrected chi connectivity index (χ1v) is 6.63. The smallest absolute Gasteiger partial charge is 0.0387 e. The standard InChI is InChI=1S/C16H17N/c1-2-4-13(5-3-1)16(14-6-7-14)10-8-12-9-11-17-15(12)16/h1-5,9,11,14,17H,6-8,10H2. The second-order valence-corrected chi connectivity index (χ2v) is 5.49. The first-order valence-electron chi connectivity index (χ1n) is 6.63. The van der Waals surface area contributed by atoms with E-state index in [4.69, 9.17) is 0 Å². The number of nitrogens with one attached hydrogen (secondary N) is 1. The van der Waals surface area contributed by atoms with E-state index in [9.17, 15) is 0 Å². The Kier molecular flexibility index (Phi) is 1.82. The third-order valence-electron chi connectivity index (χ3n) is 4.63. The summed E-state index contributed by atoms with van der Waals surface area (Å²) in [4.78, 5) is 3.53. The highest BCUT2D eigenvalue weighted by atomic mass is 14.8. The molecule has 0 aliphatic heterocycles. The molecule has 1 N–H and O–H groups in total. The molecule has 2 aromatic rings. The molecule has 1 nitrogen and oxygen atoms in total. The molecule has 1 heteroatoms. The number of hydrogen-bond donors (Lipinski definition) is 1. The van der Waals surface area contributed by atoms with Crippen LogP contribution in [0.25, 0.3) is 0 Å². The lowest BCUT2D eigenvalue weighted by Gasteiger charge is -2.30. The molecule has 1 unspecified atom stereocenters. The maximum atomic E-state index is 3.53. The van der Waals surface area contributed by atoms with E-state index in [1.165, 1.54) is 36.9 Å². The summed E-state index contributed by atoms with van der Waals surface area (Å²) in [6.07, 6.45) is 7.44. The van der Waals surface area contributed by atoms with E-state index >= 15 is 0 Å². The van der Waals surface area contributed by atoms with Crippen molar-refractivity contribution in [2.45, 2.75) is 31.1 Å². The predicted molar refractivity (Wildman–Crippen MR) is 69.1 cm³/mol. The highest BCUT2D eigenvalue weighted by Gasteiger charge is 2.51. The Bertz CT molecular complexity index is 536. The minimum Gasteiger partial charge on any atom is -0.364 e. The molecule has 2 aliphatic carbocycles.